The number of nitrogens with one attached hydrogen (secondary N) is 1. The van der Waals surface area contributed by atoms with Crippen molar-refractivity contribution in [3.05, 3.63) is 49.8 Å². The van der Waals surface area contributed by atoms with E-state index in [0.29, 0.717) is 24.2 Å². The van der Waals surface area contributed by atoms with Crippen molar-refractivity contribution in [1.82, 2.24) is 14.9 Å². The number of aryl methyl sites for hydroxylation is 1. The molecule has 0 aromatic carbocycles. The average Bonchev–Trinajstić information content (AvgIpc) is 2.99. The van der Waals surface area contributed by atoms with Crippen LogP contribution in [0.2, 0.25) is 0 Å². The molecule has 2 aromatic heterocycles. The van der Waals surface area contributed by atoms with Gasteiger partial charge in [-0.25, -0.2) is 4.98 Å². The molecule has 1 aliphatic rings. The summed E-state index contributed by atoms with van der Waals surface area (Å²) in [5.74, 6) is -0.541. The van der Waals surface area contributed by atoms with Crippen molar-refractivity contribution in [1.29, 1.82) is 0 Å². The van der Waals surface area contributed by atoms with Gasteiger partial charge in [0.15, 0.2) is 0 Å². The van der Waals surface area contributed by atoms with Crippen molar-refractivity contribution in [2.75, 3.05) is 6.54 Å². The van der Waals surface area contributed by atoms with Crippen LogP contribution in [0.15, 0.2) is 22.3 Å². The van der Waals surface area contributed by atoms with E-state index in [2.05, 4.69) is 10.3 Å². The molecule has 0 spiro atoms. The number of nitrogens with zero attached hydrogens (tertiary/aromatic N) is 2. The second kappa shape index (κ2) is 6.45. The standard InChI is InChI=1S/C16H17N3O3S/c1-10-18-12(9-23-10)14(20)8-17-16(22)11-5-6-15(21)19-7-3-2-4-13(11)19/h5-6,9H,2-4,7-8H2,1H3,(H,17,22). The van der Waals surface area contributed by atoms with Crippen molar-refractivity contribution >= 4 is 23.0 Å². The first-order chi connectivity index (χ1) is 11.1. The number of carbonyl (C=O) groups is 2. The second-order valence-corrected chi connectivity index (χ2v) is 6.56. The summed E-state index contributed by atoms with van der Waals surface area (Å²) in [4.78, 5) is 40.4. The molecule has 2 aromatic rings. The molecule has 0 unspecified atom stereocenters. The molecule has 6 nitrogen and oxygen atoms in total. The zero-order chi connectivity index (χ0) is 16.4. The summed E-state index contributed by atoms with van der Waals surface area (Å²) in [6.07, 6.45) is 2.61. The Labute approximate surface area is 137 Å². The monoisotopic (exact) mass is 331 g/mol. The summed E-state index contributed by atoms with van der Waals surface area (Å²) in [7, 11) is 0. The largest absolute Gasteiger partial charge is 0.344 e. The van der Waals surface area contributed by atoms with Gasteiger partial charge in [0.05, 0.1) is 17.1 Å². The van der Waals surface area contributed by atoms with Crippen molar-refractivity contribution in [3.8, 4) is 0 Å². The Morgan fingerprint density at radius 2 is 2.17 bits per heavy atom. The van der Waals surface area contributed by atoms with Gasteiger partial charge >= 0.3 is 0 Å². The first kappa shape index (κ1) is 15.6. The van der Waals surface area contributed by atoms with E-state index < -0.39 is 0 Å². The molecular weight excluding hydrogens is 314 g/mol. The van der Waals surface area contributed by atoms with E-state index >= 15 is 0 Å². The van der Waals surface area contributed by atoms with Crippen molar-refractivity contribution in [2.24, 2.45) is 0 Å². The van der Waals surface area contributed by atoms with Gasteiger partial charge in [0.2, 0.25) is 5.78 Å². The zero-order valence-corrected chi connectivity index (χ0v) is 13.6. The zero-order valence-electron chi connectivity index (χ0n) is 12.8. The summed E-state index contributed by atoms with van der Waals surface area (Å²) in [5.41, 5.74) is 1.54. The van der Waals surface area contributed by atoms with Gasteiger partial charge in [-0.2, -0.15) is 0 Å². The van der Waals surface area contributed by atoms with Gasteiger partial charge in [-0.05, 0) is 32.3 Å². The molecule has 0 aliphatic carbocycles. The van der Waals surface area contributed by atoms with Gasteiger partial charge < -0.3 is 9.88 Å². The van der Waals surface area contributed by atoms with Crippen LogP contribution in [-0.4, -0.2) is 27.8 Å². The molecule has 3 rings (SSSR count). The Kier molecular flexibility index (Phi) is 4.38. The lowest BCUT2D eigenvalue weighted by atomic mass is 10.0. The summed E-state index contributed by atoms with van der Waals surface area (Å²) in [6, 6.07) is 2.96. The van der Waals surface area contributed by atoms with Crippen LogP contribution in [0.3, 0.4) is 0 Å². The predicted octanol–water partition coefficient (Wildman–Crippen LogP) is 1.56. The molecule has 1 amide bonds. The van der Waals surface area contributed by atoms with Gasteiger partial charge in [0.1, 0.15) is 5.69 Å². The number of Topliss-reactive ketones (excluding diaryl/α,β-unsaturated/α-hetero) is 1. The fourth-order valence-electron chi connectivity index (χ4n) is 2.74. The van der Waals surface area contributed by atoms with Gasteiger partial charge in [-0.3, -0.25) is 14.4 Å². The van der Waals surface area contributed by atoms with E-state index in [4.69, 9.17) is 0 Å². The Bertz CT molecular complexity index is 822. The maximum Gasteiger partial charge on any atom is 0.253 e. The van der Waals surface area contributed by atoms with E-state index in [9.17, 15) is 14.4 Å². The van der Waals surface area contributed by atoms with E-state index in [-0.39, 0.29) is 23.8 Å². The first-order valence-electron chi connectivity index (χ1n) is 7.52. The molecule has 23 heavy (non-hydrogen) atoms. The Hall–Kier alpha value is -2.28. The van der Waals surface area contributed by atoms with Crippen LogP contribution in [0.25, 0.3) is 0 Å². The summed E-state index contributed by atoms with van der Waals surface area (Å²) >= 11 is 1.40. The number of aromatic nitrogens is 2. The number of rotatable bonds is 4. The van der Waals surface area contributed by atoms with Crippen LogP contribution in [0.5, 0.6) is 0 Å². The second-order valence-electron chi connectivity index (χ2n) is 5.50. The number of carbonyl (C=O) groups excluding carboxylic acids is 2. The number of thiazole rings is 1. The Balaban J connectivity index is 1.74. The topological polar surface area (TPSA) is 81.1 Å². The van der Waals surface area contributed by atoms with Crippen LogP contribution >= 0.6 is 11.3 Å². The van der Waals surface area contributed by atoms with E-state index in [1.54, 1.807) is 16.0 Å². The molecule has 1 aliphatic heterocycles. The molecule has 0 atom stereocenters. The van der Waals surface area contributed by atoms with Crippen LogP contribution in [0, 0.1) is 6.92 Å². The summed E-state index contributed by atoms with van der Waals surface area (Å²) in [5, 5.41) is 5.14. The van der Waals surface area contributed by atoms with Crippen molar-refractivity contribution < 1.29 is 9.59 Å². The molecule has 0 fully saturated rings. The highest BCUT2D eigenvalue weighted by Crippen LogP contribution is 2.16. The van der Waals surface area contributed by atoms with E-state index in [0.717, 1.165) is 23.5 Å². The number of hydrogen-bond acceptors (Lipinski definition) is 5. The molecule has 0 saturated carbocycles. The summed E-state index contributed by atoms with van der Waals surface area (Å²) < 4.78 is 1.66. The minimum absolute atomic E-state index is 0.0784. The highest BCUT2D eigenvalue weighted by Gasteiger charge is 2.19. The van der Waals surface area contributed by atoms with Crippen molar-refractivity contribution in [2.45, 2.75) is 32.7 Å². The molecule has 7 heteroatoms. The highest BCUT2D eigenvalue weighted by atomic mass is 32.1. The molecule has 1 N–H and O–H groups in total. The number of pyridine rings is 1. The van der Waals surface area contributed by atoms with Gasteiger partial charge in [0.25, 0.3) is 11.5 Å². The average molecular weight is 331 g/mol. The van der Waals surface area contributed by atoms with Gasteiger partial charge in [-0.1, -0.05) is 0 Å². The first-order valence-corrected chi connectivity index (χ1v) is 8.40. The SMILES string of the molecule is Cc1nc(C(=O)CNC(=O)c2ccc(=O)n3c2CCCC3)cs1. The summed E-state index contributed by atoms with van der Waals surface area (Å²) in [6.45, 7) is 2.38. The quantitative estimate of drug-likeness (QED) is 0.862. The number of amides is 1. The lowest BCUT2D eigenvalue weighted by molar-refractivity contribution is 0.0900. The predicted molar refractivity (Wildman–Crippen MR) is 87.2 cm³/mol. The smallest absolute Gasteiger partial charge is 0.253 e. The third-order valence-electron chi connectivity index (χ3n) is 3.90. The third-order valence-corrected chi connectivity index (χ3v) is 4.67. The molecule has 0 radical (unpaired) electrons. The number of fused-ring (bicyclic) bond motifs is 1. The lowest BCUT2D eigenvalue weighted by Gasteiger charge is -2.20. The maximum absolute atomic E-state index is 12.4. The lowest BCUT2D eigenvalue weighted by Crippen LogP contribution is -2.34. The van der Waals surface area contributed by atoms with Gasteiger partial charge in [-0.15, -0.1) is 11.3 Å². The fourth-order valence-corrected chi connectivity index (χ4v) is 3.36. The third kappa shape index (κ3) is 3.24. The molecule has 0 saturated heterocycles. The Morgan fingerprint density at radius 3 is 2.91 bits per heavy atom. The Morgan fingerprint density at radius 1 is 1.35 bits per heavy atom. The van der Waals surface area contributed by atoms with Crippen LogP contribution in [0.1, 0.15) is 44.4 Å². The normalized spacial score (nSPS) is 13.4. The minimum atomic E-state index is -0.323. The molecule has 120 valence electrons. The van der Waals surface area contributed by atoms with Gasteiger partial charge in [0, 0.05) is 23.7 Å². The molecular formula is C16H17N3O3S. The number of ketones is 1. The maximum atomic E-state index is 12.4. The van der Waals surface area contributed by atoms with Crippen molar-refractivity contribution in [3.63, 3.8) is 0 Å². The van der Waals surface area contributed by atoms with E-state index in [1.165, 1.54) is 17.4 Å². The molecule has 0 bridgehead atoms. The fraction of sp³-hybridized carbons (Fsp3) is 0.375. The number of hydrogen-bond donors (Lipinski definition) is 1. The highest BCUT2D eigenvalue weighted by molar-refractivity contribution is 7.09. The van der Waals surface area contributed by atoms with Crippen LogP contribution < -0.4 is 10.9 Å². The van der Waals surface area contributed by atoms with Crippen LogP contribution in [-0.2, 0) is 13.0 Å². The van der Waals surface area contributed by atoms with Crippen LogP contribution in [0.4, 0.5) is 0 Å². The minimum Gasteiger partial charge on any atom is -0.344 e. The molecule has 3 heterocycles. The van der Waals surface area contributed by atoms with E-state index in [1.807, 2.05) is 6.92 Å².